The molecule has 2 aliphatic carbocycles. The Kier molecular flexibility index (Phi) is 3.74. The fourth-order valence-electron chi connectivity index (χ4n) is 4.61. The molecule has 0 radical (unpaired) electrons. The van der Waals surface area contributed by atoms with Crippen molar-refractivity contribution in [1.29, 1.82) is 0 Å². The molecule has 0 fully saturated rings. The summed E-state index contributed by atoms with van der Waals surface area (Å²) in [6.45, 7) is 1.97. The van der Waals surface area contributed by atoms with E-state index in [1.54, 1.807) is 6.92 Å². The summed E-state index contributed by atoms with van der Waals surface area (Å²) in [5.74, 6) is 2.69. The molecule has 134 valence electrons. The molecule has 1 aromatic rings. The number of carbonyl (C=O) groups is 1. The lowest BCUT2D eigenvalue weighted by atomic mass is 9.72. The highest BCUT2D eigenvalue weighted by Crippen LogP contribution is 2.50. The van der Waals surface area contributed by atoms with Gasteiger partial charge in [-0.25, -0.2) is 0 Å². The summed E-state index contributed by atoms with van der Waals surface area (Å²) in [4.78, 5) is 11.9. The van der Waals surface area contributed by atoms with E-state index in [9.17, 15) is 4.79 Å². The van der Waals surface area contributed by atoms with Crippen LogP contribution in [0.25, 0.3) is 0 Å². The van der Waals surface area contributed by atoms with Gasteiger partial charge in [0.2, 0.25) is 6.79 Å². The molecule has 1 N–H and O–H groups in total. The fraction of sp³-hybridized carbons (Fsp3) is 0.381. The average Bonchev–Trinajstić information content (AvgIpc) is 3.29. The van der Waals surface area contributed by atoms with E-state index >= 15 is 0 Å². The summed E-state index contributed by atoms with van der Waals surface area (Å²) in [5, 5.41) is 3.75. The van der Waals surface area contributed by atoms with Crippen LogP contribution in [0, 0.1) is 17.8 Å². The Balaban J connectivity index is 1.54. The average molecular weight is 414 g/mol. The second-order valence-electron chi connectivity index (χ2n) is 7.42. The number of halogens is 1. The number of Topliss-reactive ketones (excluding diaryl/α,β-unsaturated/α-hetero) is 1. The highest BCUT2D eigenvalue weighted by atomic mass is 79.9. The lowest BCUT2D eigenvalue weighted by Gasteiger charge is -2.41. The number of carbonyl (C=O) groups excluding carboxylic acids is 1. The van der Waals surface area contributed by atoms with E-state index < -0.39 is 0 Å². The van der Waals surface area contributed by atoms with Crippen LogP contribution < -0.4 is 14.8 Å². The number of hydrogen-bond acceptors (Lipinski definition) is 4. The molecule has 2 unspecified atom stereocenters. The van der Waals surface area contributed by atoms with Gasteiger partial charge in [0.05, 0.1) is 6.04 Å². The monoisotopic (exact) mass is 413 g/mol. The molecule has 4 atom stereocenters. The molecule has 5 heteroatoms. The fourth-order valence-corrected chi connectivity index (χ4v) is 5.18. The molecule has 4 aliphatic rings. The molecule has 0 saturated carbocycles. The van der Waals surface area contributed by atoms with Crippen LogP contribution in [0.2, 0.25) is 0 Å². The van der Waals surface area contributed by atoms with Crippen LogP contribution in [0.15, 0.2) is 52.2 Å². The lowest BCUT2D eigenvalue weighted by Crippen LogP contribution is -2.38. The summed E-state index contributed by atoms with van der Waals surface area (Å²) in [6, 6.07) is 4.29. The molecular formula is C21H20BrNO3. The third-order valence-corrected chi connectivity index (χ3v) is 6.67. The molecule has 0 amide bonds. The summed E-state index contributed by atoms with van der Waals surface area (Å²) >= 11 is 3.72. The molecule has 26 heavy (non-hydrogen) atoms. The van der Waals surface area contributed by atoms with Crippen molar-refractivity contribution in [1.82, 2.24) is 5.32 Å². The van der Waals surface area contributed by atoms with Crippen LogP contribution in [-0.4, -0.2) is 12.6 Å². The Morgan fingerprint density at radius 3 is 2.85 bits per heavy atom. The second kappa shape index (κ2) is 6.02. The predicted molar refractivity (Wildman–Crippen MR) is 102 cm³/mol. The van der Waals surface area contributed by atoms with E-state index in [1.165, 1.54) is 16.8 Å². The zero-order valence-corrected chi connectivity index (χ0v) is 16.1. The summed E-state index contributed by atoms with van der Waals surface area (Å²) < 4.78 is 12.1. The van der Waals surface area contributed by atoms with Crippen molar-refractivity contribution in [2.75, 3.05) is 6.79 Å². The number of ether oxygens (including phenoxy) is 2. The van der Waals surface area contributed by atoms with Gasteiger partial charge in [-0.2, -0.15) is 0 Å². The van der Waals surface area contributed by atoms with Crippen molar-refractivity contribution >= 4 is 21.7 Å². The SMILES string of the molecule is CC(=O)C1C=CC2=C(C1)[C@@H]1C=CCC1[C@H](c1cc3c(cc1Br)OCO3)N2. The zero-order valence-electron chi connectivity index (χ0n) is 14.5. The van der Waals surface area contributed by atoms with Crippen molar-refractivity contribution in [2.45, 2.75) is 25.8 Å². The molecule has 0 bridgehead atoms. The van der Waals surface area contributed by atoms with Crippen molar-refractivity contribution in [2.24, 2.45) is 17.8 Å². The van der Waals surface area contributed by atoms with Crippen LogP contribution in [0.5, 0.6) is 11.5 Å². The Hall–Kier alpha value is -2.01. The summed E-state index contributed by atoms with van der Waals surface area (Å²) in [5.41, 5.74) is 3.74. The molecule has 4 nitrogen and oxygen atoms in total. The van der Waals surface area contributed by atoms with Crippen LogP contribution in [0.3, 0.4) is 0 Å². The van der Waals surface area contributed by atoms with E-state index in [0.717, 1.165) is 28.8 Å². The first kappa shape index (κ1) is 16.2. The van der Waals surface area contributed by atoms with E-state index in [4.69, 9.17) is 9.47 Å². The highest BCUT2D eigenvalue weighted by Gasteiger charge is 2.41. The van der Waals surface area contributed by atoms with Gasteiger partial charge in [-0.3, -0.25) is 4.79 Å². The van der Waals surface area contributed by atoms with Gasteiger partial charge in [-0.1, -0.05) is 34.2 Å². The molecule has 0 aromatic heterocycles. The molecule has 0 saturated heterocycles. The Morgan fingerprint density at radius 2 is 2.04 bits per heavy atom. The smallest absolute Gasteiger partial charge is 0.231 e. The van der Waals surface area contributed by atoms with E-state index in [1.807, 2.05) is 12.1 Å². The lowest BCUT2D eigenvalue weighted by molar-refractivity contribution is -0.119. The van der Waals surface area contributed by atoms with Gasteiger partial charge in [0.15, 0.2) is 11.5 Å². The van der Waals surface area contributed by atoms with Gasteiger partial charge < -0.3 is 14.8 Å². The normalized spacial score (nSPS) is 30.8. The Morgan fingerprint density at radius 1 is 1.23 bits per heavy atom. The minimum absolute atomic E-state index is 0.0130. The van der Waals surface area contributed by atoms with Crippen LogP contribution in [0.1, 0.15) is 31.4 Å². The molecule has 2 aliphatic heterocycles. The van der Waals surface area contributed by atoms with Crippen molar-refractivity contribution < 1.29 is 14.3 Å². The minimum atomic E-state index is 0.0130. The first-order valence-corrected chi connectivity index (χ1v) is 9.85. The summed E-state index contributed by atoms with van der Waals surface area (Å²) in [6.07, 6.45) is 10.6. The number of fused-ring (bicyclic) bond motifs is 3. The van der Waals surface area contributed by atoms with E-state index in [0.29, 0.717) is 11.8 Å². The van der Waals surface area contributed by atoms with Gasteiger partial charge in [-0.05, 0) is 55.0 Å². The van der Waals surface area contributed by atoms with E-state index in [-0.39, 0.29) is 24.5 Å². The van der Waals surface area contributed by atoms with Gasteiger partial charge in [-0.15, -0.1) is 0 Å². The van der Waals surface area contributed by atoms with Crippen LogP contribution in [-0.2, 0) is 4.79 Å². The highest BCUT2D eigenvalue weighted by molar-refractivity contribution is 9.10. The van der Waals surface area contributed by atoms with Gasteiger partial charge in [0.25, 0.3) is 0 Å². The van der Waals surface area contributed by atoms with Crippen LogP contribution >= 0.6 is 15.9 Å². The maximum Gasteiger partial charge on any atom is 0.231 e. The maximum absolute atomic E-state index is 11.9. The third kappa shape index (κ3) is 2.44. The molecule has 5 rings (SSSR count). The minimum Gasteiger partial charge on any atom is -0.454 e. The maximum atomic E-state index is 11.9. The van der Waals surface area contributed by atoms with Crippen LogP contribution in [0.4, 0.5) is 0 Å². The van der Waals surface area contributed by atoms with Crippen molar-refractivity contribution in [3.05, 3.63) is 57.7 Å². The Bertz CT molecular complexity index is 885. The number of rotatable bonds is 2. The number of ketones is 1. The standard InChI is InChI=1S/C21H20BrNO3/c1-11(24)12-5-6-18-15(7-12)13-3-2-4-14(13)21(23-18)16-8-19-20(9-17(16)22)26-10-25-19/h2-3,5-6,8-9,12-14,21,23H,4,7,10H2,1H3/t12?,13-,14?,21-/m1/s1. The molecule has 2 heterocycles. The van der Waals surface area contributed by atoms with E-state index in [2.05, 4.69) is 45.5 Å². The van der Waals surface area contributed by atoms with Gasteiger partial charge >= 0.3 is 0 Å². The Labute approximate surface area is 161 Å². The van der Waals surface area contributed by atoms with Gasteiger partial charge in [0.1, 0.15) is 5.78 Å². The molecule has 0 spiro atoms. The summed E-state index contributed by atoms with van der Waals surface area (Å²) in [7, 11) is 0. The number of hydrogen-bond donors (Lipinski definition) is 1. The zero-order chi connectivity index (χ0) is 17.8. The van der Waals surface area contributed by atoms with Crippen molar-refractivity contribution in [3.63, 3.8) is 0 Å². The topological polar surface area (TPSA) is 47.6 Å². The number of allylic oxidation sites excluding steroid dienone is 5. The largest absolute Gasteiger partial charge is 0.454 e. The molecule has 1 aromatic carbocycles. The number of nitrogens with one attached hydrogen (secondary N) is 1. The first-order valence-electron chi connectivity index (χ1n) is 9.06. The predicted octanol–water partition coefficient (Wildman–Crippen LogP) is 4.43. The molecular weight excluding hydrogens is 394 g/mol. The third-order valence-electron chi connectivity index (χ3n) is 5.98. The first-order chi connectivity index (χ1) is 12.6. The van der Waals surface area contributed by atoms with Gasteiger partial charge in [0, 0.05) is 22.0 Å². The number of benzene rings is 1. The van der Waals surface area contributed by atoms with Crippen molar-refractivity contribution in [3.8, 4) is 11.5 Å². The second-order valence-corrected chi connectivity index (χ2v) is 8.28. The quantitative estimate of drug-likeness (QED) is 0.728.